The quantitative estimate of drug-likeness (QED) is 0.635. The van der Waals surface area contributed by atoms with Crippen LogP contribution in [0.4, 0.5) is 0 Å². The fourth-order valence-electron chi connectivity index (χ4n) is 2.69. The first-order chi connectivity index (χ1) is 9.99. The minimum atomic E-state index is 0.229. The van der Waals surface area contributed by atoms with E-state index in [4.69, 9.17) is 16.0 Å². The molecule has 0 saturated carbocycles. The van der Waals surface area contributed by atoms with E-state index in [0.29, 0.717) is 0 Å². The van der Waals surface area contributed by atoms with Gasteiger partial charge in [0.2, 0.25) is 0 Å². The highest BCUT2D eigenvalue weighted by Gasteiger charge is 2.23. The van der Waals surface area contributed by atoms with Gasteiger partial charge in [-0.05, 0) is 43.7 Å². The predicted octanol–water partition coefficient (Wildman–Crippen LogP) is 5.16. The normalized spacial score (nSPS) is 14.1. The third-order valence-corrected chi connectivity index (χ3v) is 3.92. The highest BCUT2D eigenvalue weighted by molar-refractivity contribution is 9.23. The number of halogens is 2. The smallest absolute Gasteiger partial charge is 0.456 e. The third kappa shape index (κ3) is 3.67. The topological polar surface area (TPSA) is 16.4 Å². The molecule has 0 bridgehead atoms. The monoisotopic (exact) mass is 379 g/mol. The third-order valence-electron chi connectivity index (χ3n) is 3.56. The fraction of sp³-hybridized carbons (Fsp3) is 0.375. The van der Waals surface area contributed by atoms with Crippen LogP contribution in [0.25, 0.3) is 16.5 Å². The minimum absolute atomic E-state index is 0.229. The van der Waals surface area contributed by atoms with Gasteiger partial charge in [-0.15, -0.1) is 5.05 Å². The molecule has 0 N–H and O–H groups in total. The second-order valence-corrected chi connectivity index (χ2v) is 9.65. The predicted molar refractivity (Wildman–Crippen MR) is 96.5 cm³/mol. The number of nitrogens with zero attached hydrogens (tertiary/aromatic N) is 1. The average Bonchev–Trinajstić information content (AvgIpc) is 2.68. The first kappa shape index (κ1) is 17.4. The van der Waals surface area contributed by atoms with Gasteiger partial charge in [0.1, 0.15) is 11.3 Å². The van der Waals surface area contributed by atoms with Crippen LogP contribution in [-0.2, 0) is 13.0 Å². The summed E-state index contributed by atoms with van der Waals surface area (Å²) in [5, 5.41) is 4.22. The van der Waals surface area contributed by atoms with E-state index in [1.165, 1.54) is 16.5 Å². The molecule has 1 aromatic carbocycles. The highest BCUT2D eigenvalue weighted by Crippen LogP contribution is 2.37. The van der Waals surface area contributed by atoms with Gasteiger partial charge in [-0.3, -0.25) is 0 Å². The van der Waals surface area contributed by atoms with Gasteiger partial charge in [-0.25, -0.2) is 0 Å². The molecule has 0 fully saturated rings. The molecule has 21 heavy (non-hydrogen) atoms. The van der Waals surface area contributed by atoms with Gasteiger partial charge in [-0.2, -0.15) is 0 Å². The Morgan fingerprint density at radius 3 is 2.71 bits per heavy atom. The van der Waals surface area contributed by atoms with Crippen LogP contribution in [0.15, 0.2) is 23.1 Å². The van der Waals surface area contributed by atoms with Crippen molar-refractivity contribution in [1.82, 2.24) is 4.90 Å². The molecule has 1 aromatic heterocycles. The van der Waals surface area contributed by atoms with Crippen molar-refractivity contribution in [2.24, 2.45) is 0 Å². The van der Waals surface area contributed by atoms with Crippen molar-refractivity contribution < 1.29 is 4.42 Å². The van der Waals surface area contributed by atoms with Gasteiger partial charge < -0.3 is 22.2 Å². The molecule has 1 aliphatic rings. The number of hydrogen-bond donors (Lipinski definition) is 0. The molecule has 0 radical (unpaired) electrons. The summed E-state index contributed by atoms with van der Waals surface area (Å²) in [6, 6.07) is 3.89. The molecule has 0 aliphatic carbocycles. The summed E-state index contributed by atoms with van der Waals surface area (Å²) in [6.07, 6.45) is 0.967. The molecule has 0 unspecified atom stereocenters. The molecule has 3 rings (SSSR count). The highest BCUT2D eigenvalue weighted by atomic mass is 79.9. The molecule has 0 spiro atoms. The number of allylic oxidation sites excluding steroid dienone is 1. The van der Waals surface area contributed by atoms with Crippen LogP contribution in [0.3, 0.4) is 0 Å². The SMILES string of the molecule is C=C(C)c1oc2ccc(Cl)c3c2c1CN(C)CC3.[CH3][Mg][Br]. The molecule has 2 aromatic rings. The zero-order valence-electron chi connectivity index (χ0n) is 12.8. The summed E-state index contributed by atoms with van der Waals surface area (Å²) in [5.41, 5.74) is 4.34. The fourth-order valence-corrected chi connectivity index (χ4v) is 2.95. The number of hydrogen-bond acceptors (Lipinski definition) is 2. The number of furan rings is 1. The summed E-state index contributed by atoms with van der Waals surface area (Å²) in [7, 11) is 2.13. The molecule has 0 amide bonds. The van der Waals surface area contributed by atoms with Gasteiger partial charge in [0.15, 0.2) is 0 Å². The molecule has 0 saturated heterocycles. The summed E-state index contributed by atoms with van der Waals surface area (Å²) in [4.78, 5) is 2.30. The van der Waals surface area contributed by atoms with Crippen LogP contribution < -0.4 is 0 Å². The van der Waals surface area contributed by atoms with Crippen molar-refractivity contribution in [2.75, 3.05) is 13.6 Å². The van der Waals surface area contributed by atoms with Crippen LogP contribution in [-0.4, -0.2) is 36.7 Å². The molecule has 2 nitrogen and oxygen atoms in total. The maximum atomic E-state index is 6.34. The van der Waals surface area contributed by atoms with Crippen LogP contribution >= 0.6 is 24.5 Å². The van der Waals surface area contributed by atoms with Crippen molar-refractivity contribution in [2.45, 2.75) is 24.9 Å². The molecule has 1 aliphatic heterocycles. The van der Waals surface area contributed by atoms with Crippen LogP contribution in [0.1, 0.15) is 23.8 Å². The van der Waals surface area contributed by atoms with Crippen LogP contribution in [0.2, 0.25) is 10.1 Å². The van der Waals surface area contributed by atoms with E-state index in [9.17, 15) is 0 Å². The lowest BCUT2D eigenvalue weighted by atomic mass is 10.0. The second kappa shape index (κ2) is 7.51. The Kier molecular flexibility index (Phi) is 6.21. The zero-order chi connectivity index (χ0) is 15.6. The van der Waals surface area contributed by atoms with Crippen molar-refractivity contribution >= 4 is 59.2 Å². The maximum Gasteiger partial charge on any atom is 0.465 e. The summed E-state index contributed by atoms with van der Waals surface area (Å²) in [6.45, 7) is 7.91. The first-order valence-electron chi connectivity index (χ1n) is 7.12. The van der Waals surface area contributed by atoms with Gasteiger partial charge in [0, 0.05) is 29.1 Å². The standard InChI is InChI=1S/C15H16ClNO.CH3.BrH.Mg/c1-9(2)15-11-8-17(3)7-6-10-12(16)4-5-13(18-15)14(10)11;;;/h4-5H,1,6-8H2,2-3H3;1H3;1H;/q;;;+1/p-1. The molecule has 2 heterocycles. The van der Waals surface area contributed by atoms with E-state index in [-0.39, 0.29) is 18.2 Å². The Balaban J connectivity index is 0.000000497. The molecular formula is C16H19BrClMgNO. The van der Waals surface area contributed by atoms with Crippen LogP contribution in [0.5, 0.6) is 0 Å². The van der Waals surface area contributed by atoms with E-state index in [0.717, 1.165) is 41.4 Å². The Morgan fingerprint density at radius 1 is 1.43 bits per heavy atom. The number of likely N-dealkylation sites (N-methyl/N-ethyl adjacent to an activating group) is 1. The minimum Gasteiger partial charge on any atom is -0.456 e. The van der Waals surface area contributed by atoms with Crippen molar-refractivity contribution in [3.05, 3.63) is 40.6 Å². The Bertz CT molecular complexity index is 668. The summed E-state index contributed by atoms with van der Waals surface area (Å²) in [5.74, 6) is 0.919. The zero-order valence-corrected chi connectivity index (χ0v) is 16.6. The van der Waals surface area contributed by atoms with E-state index >= 15 is 0 Å². The lowest BCUT2D eigenvalue weighted by Gasteiger charge is -2.13. The Hall–Kier alpha value is -0.00377. The lowest BCUT2D eigenvalue weighted by molar-refractivity contribution is 0.334. The number of rotatable bonds is 1. The van der Waals surface area contributed by atoms with Gasteiger partial charge in [0.25, 0.3) is 0 Å². The molecular weight excluding hydrogens is 362 g/mol. The van der Waals surface area contributed by atoms with Crippen molar-refractivity contribution in [3.8, 4) is 0 Å². The van der Waals surface area contributed by atoms with Crippen LogP contribution in [0, 0.1) is 0 Å². The second-order valence-electron chi connectivity index (χ2n) is 5.34. The van der Waals surface area contributed by atoms with Crippen molar-refractivity contribution in [3.63, 3.8) is 0 Å². The summed E-state index contributed by atoms with van der Waals surface area (Å²) < 4.78 is 5.95. The average molecular weight is 381 g/mol. The molecule has 0 atom stereocenters. The van der Waals surface area contributed by atoms with E-state index in [1.807, 2.05) is 19.1 Å². The Labute approximate surface area is 147 Å². The van der Waals surface area contributed by atoms with Crippen molar-refractivity contribution in [1.29, 1.82) is 0 Å². The van der Waals surface area contributed by atoms with E-state index < -0.39 is 0 Å². The molecule has 110 valence electrons. The Morgan fingerprint density at radius 2 is 2.10 bits per heavy atom. The maximum absolute atomic E-state index is 6.34. The van der Waals surface area contributed by atoms with E-state index in [1.54, 1.807) is 0 Å². The largest absolute Gasteiger partial charge is 0.465 e. The summed E-state index contributed by atoms with van der Waals surface area (Å²) >= 11 is 9.85. The molecule has 5 heteroatoms. The lowest BCUT2D eigenvalue weighted by Crippen LogP contribution is -2.18. The van der Waals surface area contributed by atoms with Gasteiger partial charge >= 0.3 is 18.2 Å². The van der Waals surface area contributed by atoms with E-state index in [2.05, 4.69) is 36.5 Å². The van der Waals surface area contributed by atoms with Gasteiger partial charge in [0.05, 0.1) is 0 Å². The van der Waals surface area contributed by atoms with Gasteiger partial charge in [-0.1, -0.05) is 18.2 Å². The first-order valence-corrected chi connectivity index (χ1v) is 12.8. The number of benzene rings is 1.